The Morgan fingerprint density at radius 3 is 2.13 bits per heavy atom. The summed E-state index contributed by atoms with van der Waals surface area (Å²) in [6, 6.07) is 10.8. The molecule has 1 aliphatic rings. The van der Waals surface area contributed by atoms with Gasteiger partial charge in [-0.1, -0.05) is 26.5 Å². The lowest BCUT2D eigenvalue weighted by Crippen LogP contribution is -2.40. The molecular weight excluding hydrogens is 780 g/mol. The molecule has 1 aliphatic carbocycles. The lowest BCUT2D eigenvalue weighted by Gasteiger charge is -2.19. The molecule has 4 rings (SSSR count). The summed E-state index contributed by atoms with van der Waals surface area (Å²) < 4.78 is 31.1. The molecular formula is C42H50N6O12. The van der Waals surface area contributed by atoms with Crippen LogP contribution < -0.4 is 26.4 Å². The maximum absolute atomic E-state index is 14.1. The summed E-state index contributed by atoms with van der Waals surface area (Å²) in [5.74, 6) is -2.90. The molecule has 0 spiro atoms. The van der Waals surface area contributed by atoms with Gasteiger partial charge in [0.05, 0.1) is 13.2 Å². The number of methoxy groups -OCH3 is 1. The van der Waals surface area contributed by atoms with Crippen molar-refractivity contribution in [2.75, 3.05) is 19.0 Å². The fourth-order valence-electron chi connectivity index (χ4n) is 5.35. The Morgan fingerprint density at radius 1 is 0.867 bits per heavy atom. The monoisotopic (exact) mass is 830 g/mol. The first kappa shape index (κ1) is 45.9. The number of ether oxygens (including phenoxy) is 6. The zero-order valence-electron chi connectivity index (χ0n) is 34.4. The fourth-order valence-corrected chi connectivity index (χ4v) is 5.35. The van der Waals surface area contributed by atoms with E-state index >= 15 is 0 Å². The minimum Gasteiger partial charge on any atom is -0.496 e. The molecule has 0 radical (unpaired) electrons. The number of nitrogens with two attached hydrogens (primary N) is 1. The van der Waals surface area contributed by atoms with Crippen molar-refractivity contribution in [3.05, 3.63) is 83.2 Å². The van der Waals surface area contributed by atoms with E-state index in [2.05, 4.69) is 27.5 Å². The molecule has 1 aromatic heterocycles. The van der Waals surface area contributed by atoms with Crippen LogP contribution in [0.5, 0.6) is 5.75 Å². The zero-order valence-corrected chi connectivity index (χ0v) is 34.4. The maximum atomic E-state index is 14.1. The summed E-state index contributed by atoms with van der Waals surface area (Å²) in [6.07, 6.45) is -1.88. The first-order valence-corrected chi connectivity index (χ1v) is 19.1. The number of hydrogen-bond acceptors (Lipinski definition) is 15. The normalized spacial score (nSPS) is 13.5. The number of nitrogens with zero attached hydrogens (tertiary/aromatic N) is 1. The molecule has 3 aromatic rings. The first-order valence-electron chi connectivity index (χ1n) is 19.1. The van der Waals surface area contributed by atoms with Crippen molar-refractivity contribution in [2.45, 2.75) is 79.1 Å². The van der Waals surface area contributed by atoms with Crippen molar-refractivity contribution >= 4 is 53.6 Å². The van der Waals surface area contributed by atoms with Crippen molar-refractivity contribution in [3.8, 4) is 16.9 Å². The number of rotatable bonds is 17. The molecule has 3 unspecified atom stereocenters. The predicted octanol–water partition coefficient (Wildman–Crippen LogP) is 5.78. The van der Waals surface area contributed by atoms with Gasteiger partial charge < -0.3 is 44.8 Å². The second-order valence-corrected chi connectivity index (χ2v) is 14.3. The number of anilines is 1. The van der Waals surface area contributed by atoms with Gasteiger partial charge in [-0.05, 0) is 87.1 Å². The Bertz CT molecular complexity index is 2120. The summed E-state index contributed by atoms with van der Waals surface area (Å²) in [7, 11) is 1.41. The number of carbonyl (C=O) groups is 6. The highest BCUT2D eigenvalue weighted by Gasteiger charge is 2.28. The van der Waals surface area contributed by atoms with Crippen LogP contribution in [-0.4, -0.2) is 85.2 Å². The summed E-state index contributed by atoms with van der Waals surface area (Å²) in [4.78, 5) is 81.9. The summed E-state index contributed by atoms with van der Waals surface area (Å²) in [5, 5.41) is 16.2. The van der Waals surface area contributed by atoms with E-state index in [0.717, 1.165) is 12.8 Å². The van der Waals surface area contributed by atoms with Crippen LogP contribution in [0.3, 0.4) is 0 Å². The minimum absolute atomic E-state index is 0.0303. The van der Waals surface area contributed by atoms with Gasteiger partial charge in [0.2, 0.25) is 12.6 Å². The highest BCUT2D eigenvalue weighted by atomic mass is 16.8. The average molecular weight is 831 g/mol. The van der Waals surface area contributed by atoms with Crippen molar-refractivity contribution < 1.29 is 57.2 Å². The molecule has 1 heterocycles. The Balaban J connectivity index is 1.60. The van der Waals surface area contributed by atoms with Gasteiger partial charge in [-0.3, -0.25) is 25.1 Å². The van der Waals surface area contributed by atoms with Crippen LogP contribution in [-0.2, 0) is 28.5 Å². The van der Waals surface area contributed by atoms with Crippen molar-refractivity contribution in [2.24, 2.45) is 17.6 Å². The van der Waals surface area contributed by atoms with Gasteiger partial charge in [0.1, 0.15) is 23.3 Å². The Morgan fingerprint density at radius 2 is 1.53 bits per heavy atom. The maximum Gasteiger partial charge on any atom is 0.511 e. The molecule has 3 amide bonds. The van der Waals surface area contributed by atoms with E-state index in [1.807, 2.05) is 0 Å². The number of alkyl carbamates (subject to hydrolysis) is 1. The lowest BCUT2D eigenvalue weighted by molar-refractivity contribution is -0.167. The van der Waals surface area contributed by atoms with Crippen molar-refractivity contribution in [3.63, 3.8) is 0 Å². The Labute approximate surface area is 347 Å². The lowest BCUT2D eigenvalue weighted by atomic mass is 9.94. The molecule has 0 saturated heterocycles. The van der Waals surface area contributed by atoms with Gasteiger partial charge in [0, 0.05) is 53.9 Å². The van der Waals surface area contributed by atoms with E-state index in [1.165, 1.54) is 75.6 Å². The topological polar surface area (TPSA) is 257 Å². The second kappa shape index (κ2) is 20.7. The molecule has 60 heavy (non-hydrogen) atoms. The highest BCUT2D eigenvalue weighted by molar-refractivity contribution is 6.11. The van der Waals surface area contributed by atoms with Crippen molar-refractivity contribution in [1.82, 2.24) is 15.6 Å². The van der Waals surface area contributed by atoms with Crippen LogP contribution in [0, 0.1) is 17.2 Å². The van der Waals surface area contributed by atoms with Crippen LogP contribution in [0.25, 0.3) is 17.2 Å². The number of aromatic nitrogens is 1. The molecule has 6 N–H and O–H groups in total. The Hall–Kier alpha value is -6.82. The Kier molecular flexibility index (Phi) is 15.9. The predicted molar refractivity (Wildman–Crippen MR) is 218 cm³/mol. The summed E-state index contributed by atoms with van der Waals surface area (Å²) in [6.45, 7) is 13.6. The van der Waals surface area contributed by atoms with Crippen LogP contribution in [0.4, 0.5) is 15.3 Å². The fraction of sp³-hybridized carbons (Fsp3) is 0.381. The second-order valence-electron chi connectivity index (χ2n) is 14.3. The number of amides is 3. The highest BCUT2D eigenvalue weighted by Crippen LogP contribution is 2.35. The van der Waals surface area contributed by atoms with Gasteiger partial charge in [-0.2, -0.15) is 0 Å². The smallest absolute Gasteiger partial charge is 0.496 e. The van der Waals surface area contributed by atoms with E-state index in [9.17, 15) is 28.8 Å². The first-order chi connectivity index (χ1) is 28.4. The molecule has 18 nitrogen and oxygen atoms in total. The number of amidine groups is 1. The van der Waals surface area contributed by atoms with Gasteiger partial charge in [0.15, 0.2) is 5.69 Å². The third-order valence-electron chi connectivity index (χ3n) is 8.77. The van der Waals surface area contributed by atoms with E-state index in [-0.39, 0.29) is 56.8 Å². The third kappa shape index (κ3) is 12.8. The van der Waals surface area contributed by atoms with Crippen molar-refractivity contribution in [1.29, 1.82) is 5.41 Å². The SMILES string of the molecule is C=Cc1cc(C(=O)Nc2ccc(C(=N)NC(=O)OC(C)OC(=O)C(N)C(C)C)cc2)c(-c2ccc(C(=O)NCC3CC3)nc2C(=O)OC(C)OC(=O)OC(C)C)cc1OC. The number of benzene rings is 2. The number of hydrogen-bond donors (Lipinski definition) is 5. The minimum atomic E-state index is -1.43. The van der Waals surface area contributed by atoms with Gasteiger partial charge in [0.25, 0.3) is 11.8 Å². The summed E-state index contributed by atoms with van der Waals surface area (Å²) >= 11 is 0. The molecule has 0 bridgehead atoms. The van der Waals surface area contributed by atoms with Crippen LogP contribution in [0.2, 0.25) is 0 Å². The molecule has 0 aliphatic heterocycles. The number of carbonyl (C=O) groups excluding carboxylic acids is 6. The van der Waals surface area contributed by atoms with E-state index in [0.29, 0.717) is 18.0 Å². The largest absolute Gasteiger partial charge is 0.511 e. The van der Waals surface area contributed by atoms with Crippen LogP contribution in [0.1, 0.15) is 96.8 Å². The molecule has 1 saturated carbocycles. The molecule has 18 heteroatoms. The van der Waals surface area contributed by atoms with E-state index in [4.69, 9.17) is 39.6 Å². The van der Waals surface area contributed by atoms with E-state index in [1.54, 1.807) is 27.7 Å². The molecule has 1 fully saturated rings. The number of nitrogens with one attached hydrogen (secondary N) is 4. The van der Waals surface area contributed by atoms with Gasteiger partial charge in [-0.25, -0.2) is 19.4 Å². The standard InChI is InChI=1S/C42H50N6O12/c1-9-26-18-31(37(49)46-28-14-12-27(13-15-28)36(44)48-41(53)59-23(6)57-39(51)34(43)21(2)3)30(19-33(26)55-8)29-16-17-32(38(50)45-20-25-10-11-25)47-35(29)40(52)58-24(7)60-42(54)56-22(4)5/h9,12-19,21-25,34H,1,10-11,20,43H2,2-8H3,(H,45,50)(H,46,49)(H2,44,48,53). The number of pyridine rings is 1. The van der Waals surface area contributed by atoms with Crippen LogP contribution >= 0.6 is 0 Å². The molecule has 2 aromatic carbocycles. The molecule has 320 valence electrons. The quantitative estimate of drug-likeness (QED) is 0.0355. The zero-order chi connectivity index (χ0) is 44.3. The summed E-state index contributed by atoms with van der Waals surface area (Å²) in [5.41, 5.74) is 6.50. The molecule has 3 atom stereocenters. The van der Waals surface area contributed by atoms with Gasteiger partial charge >= 0.3 is 24.2 Å². The number of esters is 2. The van der Waals surface area contributed by atoms with E-state index < -0.39 is 60.7 Å². The average Bonchev–Trinajstić information content (AvgIpc) is 4.03. The third-order valence-corrected chi connectivity index (χ3v) is 8.77. The van der Waals surface area contributed by atoms with Gasteiger partial charge in [-0.15, -0.1) is 0 Å². The van der Waals surface area contributed by atoms with Crippen LogP contribution in [0.15, 0.2) is 55.1 Å².